The van der Waals surface area contributed by atoms with Crippen LogP contribution in [0.4, 0.5) is 0 Å². The quantitative estimate of drug-likeness (QED) is 0.661. The fraction of sp³-hybridized carbons (Fsp3) is 0.190. The molecule has 3 aromatic rings. The monoisotopic (exact) mass is 385 g/mol. The van der Waals surface area contributed by atoms with E-state index in [1.165, 1.54) is 10.4 Å². The van der Waals surface area contributed by atoms with E-state index in [0.717, 1.165) is 5.56 Å². The molecule has 0 spiro atoms. The number of thiophene rings is 1. The highest BCUT2D eigenvalue weighted by molar-refractivity contribution is 7.10. The van der Waals surface area contributed by atoms with Crippen molar-refractivity contribution in [1.29, 1.82) is 0 Å². The predicted octanol–water partition coefficient (Wildman–Crippen LogP) is 3.71. The second-order valence-electron chi connectivity index (χ2n) is 6.22. The number of hydrogen-bond donors (Lipinski definition) is 1. The van der Waals surface area contributed by atoms with Crippen LogP contribution in [0.5, 0.6) is 0 Å². The second-order valence-corrected chi connectivity index (χ2v) is 7.64. The smallest absolute Gasteiger partial charge is 0.277 e. The lowest BCUT2D eigenvalue weighted by Gasteiger charge is -2.19. The van der Waals surface area contributed by atoms with Crippen LogP contribution in [0, 0.1) is 0 Å². The van der Waals surface area contributed by atoms with Gasteiger partial charge in [-0.3, -0.25) is 4.79 Å². The summed E-state index contributed by atoms with van der Waals surface area (Å²) in [6, 6.07) is 22.3. The molecule has 2 N–H and O–H groups in total. The van der Waals surface area contributed by atoms with Gasteiger partial charge in [0.15, 0.2) is 6.54 Å². The van der Waals surface area contributed by atoms with Crippen LogP contribution in [0.15, 0.2) is 72.1 Å². The molecule has 1 atom stereocenters. The van der Waals surface area contributed by atoms with Crippen LogP contribution < -0.4 is 5.32 Å². The van der Waals surface area contributed by atoms with Crippen molar-refractivity contribution >= 4 is 28.8 Å². The lowest BCUT2D eigenvalue weighted by molar-refractivity contribution is -0.676. The Labute approximate surface area is 163 Å². The number of amides is 1. The summed E-state index contributed by atoms with van der Waals surface area (Å²) in [5.41, 5.74) is 2.28. The molecule has 0 saturated heterocycles. The molecule has 0 unspecified atom stereocenters. The van der Waals surface area contributed by atoms with E-state index in [2.05, 4.69) is 35.0 Å². The number of carbonyl (C=O) groups is 1. The van der Waals surface area contributed by atoms with Crippen molar-refractivity contribution in [2.75, 3.05) is 13.6 Å². The highest BCUT2D eigenvalue weighted by atomic mass is 35.5. The van der Waals surface area contributed by atoms with E-state index in [1.54, 1.807) is 16.2 Å². The maximum absolute atomic E-state index is 12.6. The molecule has 0 fully saturated rings. The average Bonchev–Trinajstić information content (AvgIpc) is 3.19. The lowest BCUT2D eigenvalue weighted by atomic mass is 10.1. The minimum Gasteiger partial charge on any atom is -0.337 e. The zero-order valence-corrected chi connectivity index (χ0v) is 16.2. The summed E-state index contributed by atoms with van der Waals surface area (Å²) < 4.78 is 0. The Balaban J connectivity index is 1.63. The fourth-order valence-corrected chi connectivity index (χ4v) is 3.85. The van der Waals surface area contributed by atoms with Crippen LogP contribution in [0.2, 0.25) is 5.02 Å². The first-order valence-electron chi connectivity index (χ1n) is 8.53. The van der Waals surface area contributed by atoms with E-state index in [4.69, 9.17) is 11.6 Å². The number of benzene rings is 2. The van der Waals surface area contributed by atoms with E-state index in [9.17, 15) is 4.79 Å². The normalized spacial score (nSPS) is 11.9. The number of carbonyl (C=O) groups excluding carboxylic acids is 1. The number of nitrogens with two attached hydrogens (primary N) is 1. The first kappa shape index (κ1) is 18.6. The van der Waals surface area contributed by atoms with Gasteiger partial charge in [-0.05, 0) is 29.1 Å². The minimum atomic E-state index is 0.109. The third-order valence-electron chi connectivity index (χ3n) is 4.30. The Morgan fingerprint density at radius 3 is 2.46 bits per heavy atom. The van der Waals surface area contributed by atoms with Crippen LogP contribution >= 0.6 is 22.9 Å². The molecule has 0 radical (unpaired) electrons. The maximum atomic E-state index is 12.6. The summed E-state index contributed by atoms with van der Waals surface area (Å²) in [4.78, 5) is 15.6. The third kappa shape index (κ3) is 4.94. The summed E-state index contributed by atoms with van der Waals surface area (Å²) >= 11 is 7.64. The SMILES string of the molecule is CN(Cc1ccc(Cl)cc1)C(=O)C[NH2+][C@H](c1ccccc1)c1cccs1. The van der Waals surface area contributed by atoms with Gasteiger partial charge in [0.05, 0.1) is 4.88 Å². The van der Waals surface area contributed by atoms with Crippen LogP contribution in [0.1, 0.15) is 22.0 Å². The van der Waals surface area contributed by atoms with Crippen LogP contribution in [0.3, 0.4) is 0 Å². The molecule has 0 aliphatic heterocycles. The second kappa shape index (κ2) is 8.99. The molecular formula is C21H22ClN2OS+. The first-order valence-corrected chi connectivity index (χ1v) is 9.79. The van der Waals surface area contributed by atoms with E-state index < -0.39 is 0 Å². The molecule has 0 saturated carbocycles. The van der Waals surface area contributed by atoms with Gasteiger partial charge < -0.3 is 10.2 Å². The molecular weight excluding hydrogens is 364 g/mol. The molecule has 3 rings (SSSR count). The van der Waals surface area contributed by atoms with Gasteiger partial charge in [0.1, 0.15) is 6.04 Å². The van der Waals surface area contributed by atoms with E-state index in [0.29, 0.717) is 18.1 Å². The topological polar surface area (TPSA) is 36.9 Å². The van der Waals surface area contributed by atoms with Crippen LogP contribution in [-0.2, 0) is 11.3 Å². The van der Waals surface area contributed by atoms with Gasteiger partial charge in [-0.15, -0.1) is 11.3 Å². The fourth-order valence-electron chi connectivity index (χ4n) is 2.87. The molecule has 1 aromatic heterocycles. The number of halogens is 1. The Bertz CT molecular complexity index is 819. The maximum Gasteiger partial charge on any atom is 0.277 e. The number of hydrogen-bond acceptors (Lipinski definition) is 2. The Morgan fingerprint density at radius 2 is 1.81 bits per heavy atom. The summed E-state index contributed by atoms with van der Waals surface area (Å²) in [5.74, 6) is 0.109. The van der Waals surface area contributed by atoms with Crippen molar-refractivity contribution in [2.45, 2.75) is 12.6 Å². The zero-order valence-electron chi connectivity index (χ0n) is 14.6. The van der Waals surface area contributed by atoms with Crippen molar-refractivity contribution in [3.63, 3.8) is 0 Å². The van der Waals surface area contributed by atoms with Crippen molar-refractivity contribution in [3.8, 4) is 0 Å². The average molecular weight is 386 g/mol. The van der Waals surface area contributed by atoms with Gasteiger partial charge >= 0.3 is 0 Å². The summed E-state index contributed by atoms with van der Waals surface area (Å²) in [6.45, 7) is 0.987. The van der Waals surface area contributed by atoms with Crippen molar-refractivity contribution < 1.29 is 10.1 Å². The molecule has 2 aromatic carbocycles. The van der Waals surface area contributed by atoms with E-state index in [-0.39, 0.29) is 11.9 Å². The molecule has 26 heavy (non-hydrogen) atoms. The molecule has 0 aliphatic carbocycles. The molecule has 1 amide bonds. The Kier molecular flexibility index (Phi) is 6.45. The highest BCUT2D eigenvalue weighted by Gasteiger charge is 2.21. The van der Waals surface area contributed by atoms with Gasteiger partial charge in [0, 0.05) is 24.2 Å². The summed E-state index contributed by atoms with van der Waals surface area (Å²) in [7, 11) is 1.84. The minimum absolute atomic E-state index is 0.109. The molecule has 3 nitrogen and oxygen atoms in total. The zero-order chi connectivity index (χ0) is 18.4. The molecule has 0 bridgehead atoms. The van der Waals surface area contributed by atoms with Gasteiger partial charge in [-0.25, -0.2) is 0 Å². The standard InChI is InChI=1S/C21H21ClN2OS/c1-24(15-16-9-11-18(22)12-10-16)20(25)14-23-21(19-8-5-13-26-19)17-6-3-2-4-7-17/h2-13,21,23H,14-15H2,1H3/p+1/t21-/m1/s1. The molecule has 1 heterocycles. The van der Waals surface area contributed by atoms with Gasteiger partial charge in [0.25, 0.3) is 5.91 Å². The number of rotatable bonds is 7. The highest BCUT2D eigenvalue weighted by Crippen LogP contribution is 2.22. The first-order chi connectivity index (χ1) is 12.6. The lowest BCUT2D eigenvalue weighted by Crippen LogP contribution is -2.87. The predicted molar refractivity (Wildman–Crippen MR) is 107 cm³/mol. The molecule has 0 aliphatic rings. The largest absolute Gasteiger partial charge is 0.337 e. The van der Waals surface area contributed by atoms with E-state index >= 15 is 0 Å². The number of likely N-dealkylation sites (N-methyl/N-ethyl adjacent to an activating group) is 1. The molecule has 134 valence electrons. The van der Waals surface area contributed by atoms with Crippen LogP contribution in [0.25, 0.3) is 0 Å². The van der Waals surface area contributed by atoms with Gasteiger partial charge in [-0.1, -0.05) is 60.1 Å². The van der Waals surface area contributed by atoms with Crippen molar-refractivity contribution in [1.82, 2.24) is 4.90 Å². The molecule has 5 heteroatoms. The number of nitrogens with zero attached hydrogens (tertiary/aromatic N) is 1. The van der Waals surface area contributed by atoms with E-state index in [1.807, 2.05) is 49.5 Å². The van der Waals surface area contributed by atoms with Gasteiger partial charge in [0.2, 0.25) is 0 Å². The summed E-state index contributed by atoms with van der Waals surface area (Å²) in [5, 5.41) is 4.90. The summed E-state index contributed by atoms with van der Waals surface area (Å²) in [6.07, 6.45) is 0. The van der Waals surface area contributed by atoms with Crippen LogP contribution in [-0.4, -0.2) is 24.4 Å². The third-order valence-corrected chi connectivity index (χ3v) is 5.50. The Morgan fingerprint density at radius 1 is 1.08 bits per heavy atom. The van der Waals surface area contributed by atoms with Crippen molar-refractivity contribution in [3.05, 3.63) is 93.1 Å². The van der Waals surface area contributed by atoms with Crippen molar-refractivity contribution in [2.24, 2.45) is 0 Å². The van der Waals surface area contributed by atoms with Gasteiger partial charge in [-0.2, -0.15) is 0 Å². The number of quaternary nitrogens is 1. The Hall–Kier alpha value is -2.14.